The number of amides is 2. The second-order valence-corrected chi connectivity index (χ2v) is 5.83. The normalized spacial score (nSPS) is 10.4. The average Bonchev–Trinajstić information content (AvgIpc) is 3.10. The van der Waals surface area contributed by atoms with Crippen LogP contribution in [0.2, 0.25) is 5.02 Å². The van der Waals surface area contributed by atoms with Crippen LogP contribution in [0.5, 0.6) is 0 Å². The largest absolute Gasteiger partial charge is 0.469 e. The molecule has 24 heavy (non-hydrogen) atoms. The van der Waals surface area contributed by atoms with Crippen molar-refractivity contribution in [2.45, 2.75) is 26.3 Å². The minimum absolute atomic E-state index is 0.0566. The number of carbonyl (C=O) groups is 2. The van der Waals surface area contributed by atoms with Crippen molar-refractivity contribution in [2.24, 2.45) is 0 Å². The van der Waals surface area contributed by atoms with Gasteiger partial charge in [-0.05, 0) is 36.8 Å². The number of carbonyl (C=O) groups excluding carboxylic acids is 2. The van der Waals surface area contributed by atoms with E-state index in [0.29, 0.717) is 31.0 Å². The number of rotatable bonds is 8. The number of halogens is 1. The van der Waals surface area contributed by atoms with Crippen LogP contribution in [0, 0.1) is 0 Å². The van der Waals surface area contributed by atoms with E-state index in [4.69, 9.17) is 16.0 Å². The minimum atomic E-state index is -0.182. The number of aryl methyl sites for hydroxylation is 1. The van der Waals surface area contributed by atoms with Gasteiger partial charge < -0.3 is 14.6 Å². The van der Waals surface area contributed by atoms with Gasteiger partial charge in [0.25, 0.3) is 0 Å². The van der Waals surface area contributed by atoms with Crippen LogP contribution < -0.4 is 5.32 Å². The maximum Gasteiger partial charge on any atom is 0.239 e. The summed E-state index contributed by atoms with van der Waals surface area (Å²) < 4.78 is 5.21. The Morgan fingerprint density at radius 1 is 1.21 bits per heavy atom. The Morgan fingerprint density at radius 2 is 1.96 bits per heavy atom. The molecule has 1 aromatic heterocycles. The average molecular weight is 349 g/mol. The molecule has 0 spiro atoms. The first-order chi connectivity index (χ1) is 11.6. The van der Waals surface area contributed by atoms with E-state index in [1.165, 1.54) is 0 Å². The molecule has 128 valence electrons. The molecular weight excluding hydrogens is 328 g/mol. The van der Waals surface area contributed by atoms with Crippen molar-refractivity contribution >= 4 is 23.4 Å². The number of likely N-dealkylation sites (N-methyl/N-ethyl adjacent to an activating group) is 1. The Labute approximate surface area is 146 Å². The molecule has 2 aromatic rings. The summed E-state index contributed by atoms with van der Waals surface area (Å²) in [4.78, 5) is 25.8. The summed E-state index contributed by atoms with van der Waals surface area (Å²) in [6.45, 7) is 2.82. The standard InChI is InChI=1S/C18H21ClN2O3/c1-2-21(18(23)10-9-16-4-3-11-24-16)13-17(22)20-12-14-5-7-15(19)8-6-14/h3-8,11H,2,9-10,12-13H2,1H3,(H,20,22). The lowest BCUT2D eigenvalue weighted by molar-refractivity contribution is -0.135. The van der Waals surface area contributed by atoms with Crippen LogP contribution in [0.3, 0.4) is 0 Å². The predicted molar refractivity (Wildman–Crippen MR) is 92.6 cm³/mol. The van der Waals surface area contributed by atoms with Gasteiger partial charge in [0.2, 0.25) is 11.8 Å². The third-order valence-electron chi connectivity index (χ3n) is 3.64. The molecule has 0 unspecified atom stereocenters. The SMILES string of the molecule is CCN(CC(=O)NCc1ccc(Cl)cc1)C(=O)CCc1ccco1. The molecule has 0 atom stereocenters. The van der Waals surface area contributed by atoms with E-state index in [9.17, 15) is 9.59 Å². The Morgan fingerprint density at radius 3 is 2.58 bits per heavy atom. The van der Waals surface area contributed by atoms with E-state index >= 15 is 0 Å². The zero-order valence-corrected chi connectivity index (χ0v) is 14.4. The van der Waals surface area contributed by atoms with E-state index in [2.05, 4.69) is 5.32 Å². The summed E-state index contributed by atoms with van der Waals surface area (Å²) in [5.41, 5.74) is 0.958. The summed E-state index contributed by atoms with van der Waals surface area (Å²) in [6, 6.07) is 10.9. The van der Waals surface area contributed by atoms with Crippen LogP contribution >= 0.6 is 11.6 Å². The molecule has 1 N–H and O–H groups in total. The van der Waals surface area contributed by atoms with Crippen LogP contribution in [0.4, 0.5) is 0 Å². The van der Waals surface area contributed by atoms with E-state index < -0.39 is 0 Å². The molecule has 0 radical (unpaired) electrons. The van der Waals surface area contributed by atoms with Gasteiger partial charge in [0.1, 0.15) is 5.76 Å². The van der Waals surface area contributed by atoms with Gasteiger partial charge in [0, 0.05) is 31.0 Å². The van der Waals surface area contributed by atoms with Crippen molar-refractivity contribution in [2.75, 3.05) is 13.1 Å². The van der Waals surface area contributed by atoms with Gasteiger partial charge in [-0.2, -0.15) is 0 Å². The number of furan rings is 1. The smallest absolute Gasteiger partial charge is 0.239 e. The highest BCUT2D eigenvalue weighted by Crippen LogP contribution is 2.09. The molecule has 2 rings (SSSR count). The van der Waals surface area contributed by atoms with Gasteiger partial charge in [-0.1, -0.05) is 23.7 Å². The fourth-order valence-electron chi connectivity index (χ4n) is 2.25. The number of benzene rings is 1. The fraction of sp³-hybridized carbons (Fsp3) is 0.333. The van der Waals surface area contributed by atoms with Crippen molar-refractivity contribution in [1.82, 2.24) is 10.2 Å². The van der Waals surface area contributed by atoms with Gasteiger partial charge in [-0.25, -0.2) is 0 Å². The van der Waals surface area contributed by atoms with Crippen molar-refractivity contribution in [3.8, 4) is 0 Å². The predicted octanol–water partition coefficient (Wildman–Crippen LogP) is 3.03. The topological polar surface area (TPSA) is 62.6 Å². The Balaban J connectivity index is 1.76. The molecule has 6 heteroatoms. The molecule has 1 heterocycles. The molecule has 0 aliphatic rings. The third kappa shape index (κ3) is 5.74. The van der Waals surface area contributed by atoms with E-state index in [1.54, 1.807) is 29.4 Å². The molecule has 0 saturated heterocycles. The quantitative estimate of drug-likeness (QED) is 0.797. The molecular formula is C18H21ClN2O3. The maximum atomic E-state index is 12.2. The Hall–Kier alpha value is -2.27. The van der Waals surface area contributed by atoms with E-state index in [1.807, 2.05) is 25.1 Å². The molecule has 0 bridgehead atoms. The molecule has 0 fully saturated rings. The zero-order chi connectivity index (χ0) is 17.4. The third-order valence-corrected chi connectivity index (χ3v) is 3.89. The first kappa shape index (κ1) is 18.1. The highest BCUT2D eigenvalue weighted by Gasteiger charge is 2.15. The molecule has 5 nitrogen and oxygen atoms in total. The van der Waals surface area contributed by atoms with Gasteiger partial charge in [0.05, 0.1) is 12.8 Å². The van der Waals surface area contributed by atoms with E-state index in [0.717, 1.165) is 11.3 Å². The molecule has 2 amide bonds. The molecule has 0 saturated carbocycles. The minimum Gasteiger partial charge on any atom is -0.469 e. The summed E-state index contributed by atoms with van der Waals surface area (Å²) >= 11 is 5.83. The monoisotopic (exact) mass is 348 g/mol. The summed E-state index contributed by atoms with van der Waals surface area (Å²) in [6.07, 6.45) is 2.45. The molecule has 1 aromatic carbocycles. The van der Waals surface area contributed by atoms with Gasteiger partial charge in [0.15, 0.2) is 0 Å². The van der Waals surface area contributed by atoms with Crippen molar-refractivity contribution in [3.63, 3.8) is 0 Å². The van der Waals surface area contributed by atoms with Crippen LogP contribution in [0.1, 0.15) is 24.7 Å². The van der Waals surface area contributed by atoms with Crippen LogP contribution in [-0.2, 0) is 22.6 Å². The first-order valence-corrected chi connectivity index (χ1v) is 8.27. The number of nitrogens with one attached hydrogen (secondary N) is 1. The highest BCUT2D eigenvalue weighted by atomic mass is 35.5. The molecule has 0 aliphatic carbocycles. The van der Waals surface area contributed by atoms with Gasteiger partial charge in [-0.3, -0.25) is 9.59 Å². The van der Waals surface area contributed by atoms with Crippen LogP contribution in [0.25, 0.3) is 0 Å². The summed E-state index contributed by atoms with van der Waals surface area (Å²) in [5.74, 6) is 0.528. The lowest BCUT2D eigenvalue weighted by atomic mass is 10.2. The molecule has 0 aliphatic heterocycles. The second-order valence-electron chi connectivity index (χ2n) is 5.39. The lowest BCUT2D eigenvalue weighted by Crippen LogP contribution is -2.40. The number of hydrogen-bond acceptors (Lipinski definition) is 3. The Bertz CT molecular complexity index is 653. The highest BCUT2D eigenvalue weighted by molar-refractivity contribution is 6.30. The Kier molecular flexibility index (Phi) is 6.88. The zero-order valence-electron chi connectivity index (χ0n) is 13.6. The fourth-order valence-corrected chi connectivity index (χ4v) is 2.38. The van der Waals surface area contributed by atoms with Gasteiger partial charge >= 0.3 is 0 Å². The summed E-state index contributed by atoms with van der Waals surface area (Å²) in [5, 5.41) is 3.47. The summed E-state index contributed by atoms with van der Waals surface area (Å²) in [7, 11) is 0. The van der Waals surface area contributed by atoms with Gasteiger partial charge in [-0.15, -0.1) is 0 Å². The van der Waals surface area contributed by atoms with Crippen molar-refractivity contribution in [3.05, 3.63) is 59.0 Å². The van der Waals surface area contributed by atoms with Crippen LogP contribution in [-0.4, -0.2) is 29.8 Å². The first-order valence-electron chi connectivity index (χ1n) is 7.89. The van der Waals surface area contributed by atoms with Crippen molar-refractivity contribution in [1.29, 1.82) is 0 Å². The maximum absolute atomic E-state index is 12.2. The number of hydrogen-bond donors (Lipinski definition) is 1. The van der Waals surface area contributed by atoms with E-state index in [-0.39, 0.29) is 18.4 Å². The van der Waals surface area contributed by atoms with Crippen molar-refractivity contribution < 1.29 is 14.0 Å². The number of nitrogens with zero attached hydrogens (tertiary/aromatic N) is 1. The lowest BCUT2D eigenvalue weighted by Gasteiger charge is -2.20. The van der Waals surface area contributed by atoms with Crippen LogP contribution in [0.15, 0.2) is 47.1 Å². The second kappa shape index (κ2) is 9.13.